The van der Waals surface area contributed by atoms with Gasteiger partial charge in [0.05, 0.1) is 18.5 Å². The molecule has 0 aliphatic carbocycles. The van der Waals surface area contributed by atoms with Gasteiger partial charge in [0.25, 0.3) is 0 Å². The molecule has 1 amide bonds. The van der Waals surface area contributed by atoms with Gasteiger partial charge in [0.2, 0.25) is 0 Å². The topological polar surface area (TPSA) is 111 Å². The molecule has 0 radical (unpaired) electrons. The van der Waals surface area contributed by atoms with Crippen molar-refractivity contribution in [3.05, 3.63) is 53.3 Å². The molecular formula is C19H20ClN5O3. The Morgan fingerprint density at radius 3 is 2.79 bits per heavy atom. The van der Waals surface area contributed by atoms with E-state index in [2.05, 4.69) is 20.6 Å². The van der Waals surface area contributed by atoms with Gasteiger partial charge in [-0.3, -0.25) is 0 Å². The van der Waals surface area contributed by atoms with Crippen LogP contribution in [0.3, 0.4) is 0 Å². The summed E-state index contributed by atoms with van der Waals surface area (Å²) < 4.78 is 10.4. The number of nitrogens with two attached hydrogens (primary N) is 1. The second kappa shape index (κ2) is 8.73. The van der Waals surface area contributed by atoms with Gasteiger partial charge in [0.15, 0.2) is 5.75 Å². The number of nitrogens with zero attached hydrogens (tertiary/aromatic N) is 2. The van der Waals surface area contributed by atoms with Crippen molar-refractivity contribution < 1.29 is 14.3 Å². The number of nitrogens with one attached hydrogen (secondary N) is 2. The first-order chi connectivity index (χ1) is 13.5. The van der Waals surface area contributed by atoms with Crippen LogP contribution >= 0.6 is 11.6 Å². The van der Waals surface area contributed by atoms with Crippen molar-refractivity contribution in [1.29, 1.82) is 0 Å². The van der Waals surface area contributed by atoms with Crippen molar-refractivity contribution in [2.24, 2.45) is 5.73 Å². The summed E-state index contributed by atoms with van der Waals surface area (Å²) in [7, 11) is 3.38. The highest BCUT2D eigenvalue weighted by Gasteiger charge is 2.17. The third kappa shape index (κ3) is 4.41. The van der Waals surface area contributed by atoms with E-state index in [0.717, 1.165) is 5.56 Å². The first kappa shape index (κ1) is 19.7. The molecule has 8 nitrogen and oxygen atoms in total. The predicted octanol–water partition coefficient (Wildman–Crippen LogP) is 3.12. The Bertz CT molecular complexity index is 998. The third-order valence-corrected chi connectivity index (χ3v) is 4.33. The van der Waals surface area contributed by atoms with Gasteiger partial charge in [-0.15, -0.1) is 0 Å². The minimum absolute atomic E-state index is 0.117. The number of aromatic nitrogens is 2. The lowest BCUT2D eigenvalue weighted by Gasteiger charge is -2.21. The standard InChI is InChI=1S/C19H20ClN5O3/c1-22-9-15(11-4-3-5-12(20)6-11)25-18-14-7-13(27-2)8-16(28-19(21)26)17(14)23-10-24-18/h3-8,10,15,22H,9H2,1-2H3,(H2,21,26)(H,23,24,25). The summed E-state index contributed by atoms with van der Waals surface area (Å²) in [5.74, 6) is 1.23. The molecule has 3 rings (SSSR count). The lowest BCUT2D eigenvalue weighted by Crippen LogP contribution is -2.24. The Kier molecular flexibility index (Phi) is 6.13. The Balaban J connectivity index is 2.07. The Morgan fingerprint density at radius 1 is 1.29 bits per heavy atom. The summed E-state index contributed by atoms with van der Waals surface area (Å²) in [6, 6.07) is 10.8. The molecule has 1 heterocycles. The Morgan fingerprint density at radius 2 is 2.11 bits per heavy atom. The van der Waals surface area contributed by atoms with E-state index in [0.29, 0.717) is 34.0 Å². The van der Waals surface area contributed by atoms with Gasteiger partial charge in [-0.1, -0.05) is 23.7 Å². The maximum Gasteiger partial charge on any atom is 0.410 e. The van der Waals surface area contributed by atoms with Crippen molar-refractivity contribution in [2.75, 3.05) is 26.0 Å². The average molecular weight is 402 g/mol. The quantitative estimate of drug-likeness (QED) is 0.557. The third-order valence-electron chi connectivity index (χ3n) is 4.09. The second-order valence-corrected chi connectivity index (χ2v) is 6.41. The highest BCUT2D eigenvalue weighted by Crippen LogP contribution is 2.34. The number of rotatable bonds is 7. The summed E-state index contributed by atoms with van der Waals surface area (Å²) in [6.45, 7) is 0.625. The molecule has 0 saturated heterocycles. The lowest BCUT2D eigenvalue weighted by molar-refractivity contribution is 0.211. The van der Waals surface area contributed by atoms with E-state index in [1.54, 1.807) is 12.1 Å². The molecule has 2 aromatic carbocycles. The zero-order valence-electron chi connectivity index (χ0n) is 15.4. The monoisotopic (exact) mass is 401 g/mol. The molecule has 0 aliphatic heterocycles. The second-order valence-electron chi connectivity index (χ2n) is 5.97. The number of fused-ring (bicyclic) bond motifs is 1. The number of ether oxygens (including phenoxy) is 2. The van der Waals surface area contributed by atoms with Gasteiger partial charge in [-0.05, 0) is 30.8 Å². The molecule has 0 fully saturated rings. The van der Waals surface area contributed by atoms with Crippen LogP contribution in [0.2, 0.25) is 5.02 Å². The van der Waals surface area contributed by atoms with Crippen LogP contribution in [-0.2, 0) is 0 Å². The lowest BCUT2D eigenvalue weighted by atomic mass is 10.1. The zero-order chi connectivity index (χ0) is 20.1. The molecule has 4 N–H and O–H groups in total. The molecule has 9 heteroatoms. The summed E-state index contributed by atoms with van der Waals surface area (Å²) in [5, 5.41) is 7.82. The van der Waals surface area contributed by atoms with Crippen LogP contribution in [0.1, 0.15) is 11.6 Å². The van der Waals surface area contributed by atoms with Crippen LogP contribution in [0.4, 0.5) is 10.6 Å². The van der Waals surface area contributed by atoms with Crippen LogP contribution in [-0.4, -0.2) is 36.8 Å². The number of carbonyl (C=O) groups is 1. The number of likely N-dealkylation sites (N-methyl/N-ethyl adjacent to an activating group) is 1. The number of hydrogen-bond donors (Lipinski definition) is 3. The fourth-order valence-electron chi connectivity index (χ4n) is 2.87. The number of hydrogen-bond acceptors (Lipinski definition) is 7. The van der Waals surface area contributed by atoms with Crippen LogP contribution in [0.15, 0.2) is 42.7 Å². The molecule has 1 unspecified atom stereocenters. The molecule has 0 aliphatic rings. The number of primary amides is 1. The van der Waals surface area contributed by atoms with Crippen LogP contribution < -0.4 is 25.8 Å². The van der Waals surface area contributed by atoms with Crippen molar-refractivity contribution in [2.45, 2.75) is 6.04 Å². The average Bonchev–Trinajstić information content (AvgIpc) is 2.67. The fraction of sp³-hybridized carbons (Fsp3) is 0.211. The van der Waals surface area contributed by atoms with Gasteiger partial charge in [0.1, 0.15) is 23.4 Å². The first-order valence-corrected chi connectivity index (χ1v) is 8.86. The van der Waals surface area contributed by atoms with Crippen molar-refractivity contribution in [3.63, 3.8) is 0 Å². The summed E-state index contributed by atoms with van der Waals surface area (Å²) >= 11 is 6.15. The minimum Gasteiger partial charge on any atom is -0.497 e. The maximum atomic E-state index is 11.3. The SMILES string of the molecule is CNCC(Nc1ncnc2c(OC(N)=O)cc(OC)cc12)c1cccc(Cl)c1. The van der Waals surface area contributed by atoms with E-state index in [4.69, 9.17) is 26.8 Å². The number of anilines is 1. The van der Waals surface area contributed by atoms with Gasteiger partial charge in [-0.2, -0.15) is 0 Å². The summed E-state index contributed by atoms with van der Waals surface area (Å²) in [5.41, 5.74) is 6.60. The highest BCUT2D eigenvalue weighted by molar-refractivity contribution is 6.30. The Labute approximate surface area is 167 Å². The Hall–Kier alpha value is -3.10. The number of carbonyl (C=O) groups excluding carboxylic acids is 1. The highest BCUT2D eigenvalue weighted by atomic mass is 35.5. The normalized spacial score (nSPS) is 11.8. The maximum absolute atomic E-state index is 11.3. The number of amides is 1. The first-order valence-electron chi connectivity index (χ1n) is 8.48. The zero-order valence-corrected chi connectivity index (χ0v) is 16.2. The molecule has 1 aromatic heterocycles. The van der Waals surface area contributed by atoms with Gasteiger partial charge in [0, 0.05) is 17.6 Å². The van der Waals surface area contributed by atoms with Crippen LogP contribution in [0, 0.1) is 0 Å². The minimum atomic E-state index is -0.935. The molecule has 146 valence electrons. The van der Waals surface area contributed by atoms with Gasteiger partial charge in [-0.25, -0.2) is 14.8 Å². The van der Waals surface area contributed by atoms with Crippen molar-refractivity contribution in [1.82, 2.24) is 15.3 Å². The van der Waals surface area contributed by atoms with E-state index in [1.165, 1.54) is 13.4 Å². The number of halogens is 1. The molecule has 1 atom stereocenters. The van der Waals surface area contributed by atoms with E-state index >= 15 is 0 Å². The van der Waals surface area contributed by atoms with Crippen LogP contribution in [0.25, 0.3) is 10.9 Å². The smallest absolute Gasteiger partial charge is 0.410 e. The van der Waals surface area contributed by atoms with Crippen molar-refractivity contribution in [3.8, 4) is 11.5 Å². The fourth-order valence-corrected chi connectivity index (χ4v) is 3.07. The van der Waals surface area contributed by atoms with E-state index < -0.39 is 6.09 Å². The van der Waals surface area contributed by atoms with E-state index in [1.807, 2.05) is 31.3 Å². The number of benzene rings is 2. The summed E-state index contributed by atoms with van der Waals surface area (Å²) in [6.07, 6.45) is 0.453. The van der Waals surface area contributed by atoms with Crippen LogP contribution in [0.5, 0.6) is 11.5 Å². The van der Waals surface area contributed by atoms with E-state index in [-0.39, 0.29) is 11.8 Å². The van der Waals surface area contributed by atoms with Gasteiger partial charge < -0.3 is 25.8 Å². The molecule has 0 saturated carbocycles. The van der Waals surface area contributed by atoms with Crippen molar-refractivity contribution >= 4 is 34.4 Å². The summed E-state index contributed by atoms with van der Waals surface area (Å²) in [4.78, 5) is 19.9. The molecule has 0 spiro atoms. The molecule has 0 bridgehead atoms. The van der Waals surface area contributed by atoms with Gasteiger partial charge >= 0.3 is 6.09 Å². The van der Waals surface area contributed by atoms with E-state index in [9.17, 15) is 4.79 Å². The largest absolute Gasteiger partial charge is 0.497 e. The molecule has 3 aromatic rings. The molecule has 28 heavy (non-hydrogen) atoms. The predicted molar refractivity (Wildman–Crippen MR) is 108 cm³/mol. The number of methoxy groups -OCH3 is 1. The molecular weight excluding hydrogens is 382 g/mol.